The topological polar surface area (TPSA) is 68.7 Å². The number of ether oxygens (including phenoxy) is 2. The monoisotopic (exact) mass is 353 g/mol. The molecule has 0 radical (unpaired) electrons. The number of carboxylic acid groups (broad SMARTS) is 1. The highest BCUT2D eigenvalue weighted by Gasteiger charge is 2.13. The smallest absolute Gasteiger partial charge is 0.387 e. The summed E-state index contributed by atoms with van der Waals surface area (Å²) in [6.07, 6.45) is 7.15. The molecule has 0 atom stereocenters. The van der Waals surface area contributed by atoms with Gasteiger partial charge in [0.2, 0.25) is 0 Å². The molecule has 0 bridgehead atoms. The zero-order valence-corrected chi connectivity index (χ0v) is 13.3. The van der Waals surface area contributed by atoms with Crippen LogP contribution in [-0.2, 0) is 4.79 Å². The summed E-state index contributed by atoms with van der Waals surface area (Å²) in [6, 6.07) is 4.78. The second-order valence-corrected chi connectivity index (χ2v) is 5.46. The number of para-hydroxylation sites is 1. The van der Waals surface area contributed by atoms with Gasteiger partial charge in [-0.1, -0.05) is 12.1 Å². The highest BCUT2D eigenvalue weighted by Crippen LogP contribution is 2.33. The third kappa shape index (κ3) is 4.88. The number of nitrogens with zero attached hydrogens (tertiary/aromatic N) is 1. The standard InChI is InChI=1S/C16H13F2NO4S/c1-22-12-4-2-3-10(15(12)23-16(17)18)5-7-13-19-9-11(24-13)6-8-14(20)21/h2-9,16H,1H3,(H,20,21)/b7-5-,8-6-. The Morgan fingerprint density at radius 3 is 2.79 bits per heavy atom. The van der Waals surface area contributed by atoms with Crippen LogP contribution in [0.25, 0.3) is 18.2 Å². The molecule has 1 aromatic carbocycles. The number of hydrogen-bond acceptors (Lipinski definition) is 5. The van der Waals surface area contributed by atoms with E-state index in [-0.39, 0.29) is 11.5 Å². The van der Waals surface area contributed by atoms with Gasteiger partial charge in [-0.3, -0.25) is 0 Å². The van der Waals surface area contributed by atoms with E-state index in [1.165, 1.54) is 36.8 Å². The molecule has 0 aliphatic heterocycles. The molecule has 1 aromatic heterocycles. The summed E-state index contributed by atoms with van der Waals surface area (Å²) in [5.74, 6) is -0.916. The highest BCUT2D eigenvalue weighted by atomic mass is 32.1. The third-order valence-electron chi connectivity index (χ3n) is 2.77. The van der Waals surface area contributed by atoms with Crippen LogP contribution in [0.15, 0.2) is 30.5 Å². The fourth-order valence-corrected chi connectivity index (χ4v) is 2.53. The molecule has 0 unspecified atom stereocenters. The van der Waals surface area contributed by atoms with Gasteiger partial charge in [0.1, 0.15) is 5.01 Å². The maximum absolute atomic E-state index is 12.6. The molecule has 0 aliphatic carbocycles. The minimum Gasteiger partial charge on any atom is -0.493 e. The predicted octanol–water partition coefficient (Wildman–Crippen LogP) is 4.02. The van der Waals surface area contributed by atoms with Gasteiger partial charge in [0, 0.05) is 22.7 Å². The van der Waals surface area contributed by atoms with Crippen LogP contribution < -0.4 is 9.47 Å². The minimum atomic E-state index is -2.97. The molecule has 2 aromatic rings. The average Bonchev–Trinajstić information content (AvgIpc) is 2.99. The van der Waals surface area contributed by atoms with E-state index in [0.29, 0.717) is 15.4 Å². The molecular formula is C16H13F2NO4S. The van der Waals surface area contributed by atoms with Gasteiger partial charge in [-0.05, 0) is 24.3 Å². The fraction of sp³-hybridized carbons (Fsp3) is 0.125. The van der Waals surface area contributed by atoms with Crippen LogP contribution in [0.1, 0.15) is 15.4 Å². The van der Waals surface area contributed by atoms with Crippen molar-refractivity contribution in [2.75, 3.05) is 7.11 Å². The Labute approximate surface area is 140 Å². The largest absolute Gasteiger partial charge is 0.493 e. The van der Waals surface area contributed by atoms with Gasteiger partial charge in [-0.25, -0.2) is 9.78 Å². The van der Waals surface area contributed by atoms with Crippen molar-refractivity contribution >= 4 is 35.5 Å². The molecule has 1 N–H and O–H groups in total. The first-order chi connectivity index (χ1) is 11.5. The number of carboxylic acids is 1. The van der Waals surface area contributed by atoms with Gasteiger partial charge < -0.3 is 14.6 Å². The van der Waals surface area contributed by atoms with E-state index in [0.717, 1.165) is 6.08 Å². The van der Waals surface area contributed by atoms with Crippen molar-refractivity contribution in [2.24, 2.45) is 0 Å². The van der Waals surface area contributed by atoms with Gasteiger partial charge in [-0.15, -0.1) is 11.3 Å². The Morgan fingerprint density at radius 1 is 1.33 bits per heavy atom. The number of thiazole rings is 1. The van der Waals surface area contributed by atoms with E-state index in [4.69, 9.17) is 9.84 Å². The lowest BCUT2D eigenvalue weighted by atomic mass is 10.1. The second-order valence-electron chi connectivity index (χ2n) is 4.36. The number of methoxy groups -OCH3 is 1. The van der Waals surface area contributed by atoms with Crippen molar-refractivity contribution in [1.82, 2.24) is 4.98 Å². The van der Waals surface area contributed by atoms with Crippen LogP contribution >= 0.6 is 11.3 Å². The van der Waals surface area contributed by atoms with Gasteiger partial charge in [-0.2, -0.15) is 8.78 Å². The van der Waals surface area contributed by atoms with Crippen molar-refractivity contribution in [2.45, 2.75) is 6.61 Å². The normalized spacial score (nSPS) is 11.5. The van der Waals surface area contributed by atoms with Gasteiger partial charge in [0.15, 0.2) is 11.5 Å². The molecule has 0 saturated carbocycles. The Balaban J connectivity index is 2.24. The SMILES string of the molecule is COc1cccc(/C=C\c2ncc(/C=C\C(=O)O)s2)c1OC(F)F. The van der Waals surface area contributed by atoms with Gasteiger partial charge in [0.25, 0.3) is 0 Å². The number of hydrogen-bond donors (Lipinski definition) is 1. The molecule has 8 heteroatoms. The number of benzene rings is 1. The van der Waals surface area contributed by atoms with E-state index < -0.39 is 12.6 Å². The summed E-state index contributed by atoms with van der Waals surface area (Å²) in [7, 11) is 1.36. The van der Waals surface area contributed by atoms with Crippen molar-refractivity contribution < 1.29 is 28.2 Å². The van der Waals surface area contributed by atoms with E-state index in [1.54, 1.807) is 24.3 Å². The highest BCUT2D eigenvalue weighted by molar-refractivity contribution is 7.13. The molecule has 2 rings (SSSR count). The number of halogens is 2. The van der Waals surface area contributed by atoms with E-state index in [2.05, 4.69) is 9.72 Å². The fourth-order valence-electron chi connectivity index (χ4n) is 1.81. The third-order valence-corrected chi connectivity index (χ3v) is 3.70. The van der Waals surface area contributed by atoms with Crippen LogP contribution in [0.3, 0.4) is 0 Å². The first kappa shape index (κ1) is 17.6. The van der Waals surface area contributed by atoms with Crippen molar-refractivity contribution in [3.8, 4) is 11.5 Å². The predicted molar refractivity (Wildman–Crippen MR) is 87.3 cm³/mol. The summed E-state index contributed by atoms with van der Waals surface area (Å²) in [4.78, 5) is 15.2. The van der Waals surface area contributed by atoms with Crippen LogP contribution in [0.4, 0.5) is 8.78 Å². The lowest BCUT2D eigenvalue weighted by molar-refractivity contribution is -0.131. The van der Waals surface area contributed by atoms with Gasteiger partial charge >= 0.3 is 12.6 Å². The van der Waals surface area contributed by atoms with E-state index >= 15 is 0 Å². The molecule has 0 fully saturated rings. The lowest BCUT2D eigenvalue weighted by Gasteiger charge is -2.12. The van der Waals surface area contributed by atoms with Crippen molar-refractivity contribution in [3.05, 3.63) is 45.9 Å². The number of aromatic nitrogens is 1. The van der Waals surface area contributed by atoms with Crippen molar-refractivity contribution in [3.63, 3.8) is 0 Å². The molecule has 0 spiro atoms. The summed E-state index contributed by atoms with van der Waals surface area (Å²) >= 11 is 1.26. The van der Waals surface area contributed by atoms with Crippen LogP contribution in [-0.4, -0.2) is 29.8 Å². The molecule has 0 saturated heterocycles. The Morgan fingerprint density at radius 2 is 2.12 bits per heavy atom. The summed E-state index contributed by atoms with van der Waals surface area (Å²) < 4.78 is 34.7. The summed E-state index contributed by atoms with van der Waals surface area (Å²) in [5, 5.41) is 9.17. The van der Waals surface area contributed by atoms with Crippen molar-refractivity contribution in [1.29, 1.82) is 0 Å². The first-order valence-corrected chi connectivity index (χ1v) is 7.48. The molecule has 0 aliphatic rings. The lowest BCUT2D eigenvalue weighted by Crippen LogP contribution is -2.04. The summed E-state index contributed by atoms with van der Waals surface area (Å²) in [5.41, 5.74) is 0.410. The van der Waals surface area contributed by atoms with Crippen LogP contribution in [0, 0.1) is 0 Å². The number of alkyl halides is 2. The maximum atomic E-state index is 12.6. The quantitative estimate of drug-likeness (QED) is 0.762. The van der Waals surface area contributed by atoms with Crippen LogP contribution in [0.5, 0.6) is 11.5 Å². The van der Waals surface area contributed by atoms with Crippen LogP contribution in [0.2, 0.25) is 0 Å². The molecule has 24 heavy (non-hydrogen) atoms. The number of carbonyl (C=O) groups is 1. The van der Waals surface area contributed by atoms with E-state index in [9.17, 15) is 13.6 Å². The molecule has 5 nitrogen and oxygen atoms in total. The second kappa shape index (κ2) is 8.21. The molecular weight excluding hydrogens is 340 g/mol. The zero-order chi connectivity index (χ0) is 17.5. The van der Waals surface area contributed by atoms with E-state index in [1.807, 2.05) is 0 Å². The number of aliphatic carboxylic acids is 1. The Bertz CT molecular complexity index is 771. The zero-order valence-electron chi connectivity index (χ0n) is 12.5. The first-order valence-electron chi connectivity index (χ1n) is 6.66. The molecule has 126 valence electrons. The summed E-state index contributed by atoms with van der Waals surface area (Å²) in [6.45, 7) is -2.97. The Kier molecular flexibility index (Phi) is 6.02. The number of rotatable bonds is 7. The average molecular weight is 353 g/mol. The molecule has 1 heterocycles. The Hall–Kier alpha value is -2.74. The van der Waals surface area contributed by atoms with Gasteiger partial charge in [0.05, 0.1) is 7.11 Å². The minimum absolute atomic E-state index is 0.0613. The molecule has 0 amide bonds. The maximum Gasteiger partial charge on any atom is 0.387 e.